The molecule has 0 aliphatic rings. The molecule has 1 aromatic carbocycles. The predicted molar refractivity (Wildman–Crippen MR) is 67.1 cm³/mol. The number of nitriles is 1. The van der Waals surface area contributed by atoms with Crippen LogP contribution < -0.4 is 5.32 Å². The lowest BCUT2D eigenvalue weighted by Crippen LogP contribution is -2.05. The fraction of sp³-hybridized carbons (Fsp3) is 0.250. The van der Waals surface area contributed by atoms with Gasteiger partial charge in [-0.25, -0.2) is 4.39 Å². The molecule has 0 unspecified atom stereocenters. The van der Waals surface area contributed by atoms with Gasteiger partial charge in [0, 0.05) is 18.1 Å². The molecule has 4 heteroatoms. The molecule has 1 rings (SSSR count). The lowest BCUT2D eigenvalue weighted by molar-refractivity contribution is 0.627. The third-order valence-electron chi connectivity index (χ3n) is 1.90. The highest BCUT2D eigenvalue weighted by Gasteiger charge is 2.02. The SMILES string of the molecule is C=CCSCCNc1ccc(F)cc1C#N. The minimum atomic E-state index is -0.386. The number of anilines is 1. The summed E-state index contributed by atoms with van der Waals surface area (Å²) in [6.07, 6.45) is 1.85. The highest BCUT2D eigenvalue weighted by atomic mass is 32.2. The van der Waals surface area contributed by atoms with Gasteiger partial charge in [0.25, 0.3) is 0 Å². The van der Waals surface area contributed by atoms with Crippen LogP contribution in [0.1, 0.15) is 5.56 Å². The third-order valence-corrected chi connectivity index (χ3v) is 2.86. The summed E-state index contributed by atoms with van der Waals surface area (Å²) >= 11 is 1.75. The summed E-state index contributed by atoms with van der Waals surface area (Å²) in [7, 11) is 0. The summed E-state index contributed by atoms with van der Waals surface area (Å²) in [5, 5.41) is 11.9. The number of benzene rings is 1. The minimum absolute atomic E-state index is 0.341. The van der Waals surface area contributed by atoms with E-state index in [1.165, 1.54) is 12.1 Å². The smallest absolute Gasteiger partial charge is 0.124 e. The molecule has 0 aliphatic carbocycles. The quantitative estimate of drug-likeness (QED) is 0.609. The van der Waals surface area contributed by atoms with E-state index >= 15 is 0 Å². The molecule has 0 radical (unpaired) electrons. The van der Waals surface area contributed by atoms with Crippen molar-refractivity contribution in [3.63, 3.8) is 0 Å². The van der Waals surface area contributed by atoms with Crippen molar-refractivity contribution in [2.75, 3.05) is 23.4 Å². The zero-order chi connectivity index (χ0) is 11.8. The topological polar surface area (TPSA) is 35.8 Å². The number of halogens is 1. The summed E-state index contributed by atoms with van der Waals surface area (Å²) in [4.78, 5) is 0. The van der Waals surface area contributed by atoms with Crippen LogP contribution in [0.15, 0.2) is 30.9 Å². The van der Waals surface area contributed by atoms with E-state index in [1.54, 1.807) is 17.8 Å². The molecule has 0 spiro atoms. The summed E-state index contributed by atoms with van der Waals surface area (Å²) < 4.78 is 12.8. The van der Waals surface area contributed by atoms with Crippen LogP contribution in [0, 0.1) is 17.1 Å². The number of thioether (sulfide) groups is 1. The van der Waals surface area contributed by atoms with Gasteiger partial charge >= 0.3 is 0 Å². The van der Waals surface area contributed by atoms with E-state index in [1.807, 2.05) is 12.1 Å². The number of hydrogen-bond donors (Lipinski definition) is 1. The number of nitrogens with zero attached hydrogens (tertiary/aromatic N) is 1. The second-order valence-electron chi connectivity index (χ2n) is 3.09. The summed E-state index contributed by atoms with van der Waals surface area (Å²) in [6.45, 7) is 4.38. The molecule has 0 saturated carbocycles. The first-order valence-corrected chi connectivity index (χ1v) is 6.05. The van der Waals surface area contributed by atoms with Crippen molar-refractivity contribution in [2.45, 2.75) is 0 Å². The first-order valence-electron chi connectivity index (χ1n) is 4.90. The Morgan fingerprint density at radius 3 is 3.06 bits per heavy atom. The van der Waals surface area contributed by atoms with Crippen molar-refractivity contribution >= 4 is 17.4 Å². The van der Waals surface area contributed by atoms with Crippen molar-refractivity contribution in [1.29, 1.82) is 5.26 Å². The molecule has 0 fully saturated rings. The fourth-order valence-corrected chi connectivity index (χ4v) is 1.77. The zero-order valence-electron chi connectivity index (χ0n) is 8.87. The Bertz CT molecular complexity index is 398. The number of hydrogen-bond acceptors (Lipinski definition) is 3. The molecule has 0 heterocycles. The molecule has 0 atom stereocenters. The maximum atomic E-state index is 12.8. The highest BCUT2D eigenvalue weighted by molar-refractivity contribution is 7.99. The molecule has 2 nitrogen and oxygen atoms in total. The average Bonchev–Trinajstić information content (AvgIpc) is 2.30. The summed E-state index contributed by atoms with van der Waals surface area (Å²) in [5.41, 5.74) is 1.02. The minimum Gasteiger partial charge on any atom is -0.383 e. The van der Waals surface area contributed by atoms with Crippen LogP contribution in [0.5, 0.6) is 0 Å². The number of nitrogens with one attached hydrogen (secondary N) is 1. The molecule has 84 valence electrons. The molecule has 1 N–H and O–H groups in total. The lowest BCUT2D eigenvalue weighted by Gasteiger charge is -2.07. The molecule has 0 saturated heterocycles. The van der Waals surface area contributed by atoms with Gasteiger partial charge in [0.2, 0.25) is 0 Å². The van der Waals surface area contributed by atoms with E-state index in [2.05, 4.69) is 11.9 Å². The van der Waals surface area contributed by atoms with Crippen LogP contribution in [-0.4, -0.2) is 18.1 Å². The molecule has 0 aliphatic heterocycles. The van der Waals surface area contributed by atoms with Crippen LogP contribution in [-0.2, 0) is 0 Å². The summed E-state index contributed by atoms with van der Waals surface area (Å²) in [6, 6.07) is 6.13. The molecular weight excluding hydrogens is 223 g/mol. The second-order valence-corrected chi connectivity index (χ2v) is 4.24. The van der Waals surface area contributed by atoms with Gasteiger partial charge in [-0.05, 0) is 18.2 Å². The van der Waals surface area contributed by atoms with Crippen LogP contribution in [0.4, 0.5) is 10.1 Å². The van der Waals surface area contributed by atoms with Gasteiger partial charge in [-0.2, -0.15) is 17.0 Å². The van der Waals surface area contributed by atoms with Crippen molar-refractivity contribution < 1.29 is 4.39 Å². The Morgan fingerprint density at radius 1 is 1.56 bits per heavy atom. The molecule has 1 aromatic rings. The van der Waals surface area contributed by atoms with Crippen molar-refractivity contribution in [1.82, 2.24) is 0 Å². The van der Waals surface area contributed by atoms with E-state index in [0.717, 1.165) is 18.1 Å². The molecule has 0 aromatic heterocycles. The molecule has 16 heavy (non-hydrogen) atoms. The Morgan fingerprint density at radius 2 is 2.38 bits per heavy atom. The standard InChI is InChI=1S/C12H13FN2S/c1-2-6-16-7-5-15-12-4-3-11(13)8-10(12)9-14/h2-4,8,15H,1,5-7H2. The van der Waals surface area contributed by atoms with Gasteiger partial charge in [0.1, 0.15) is 11.9 Å². The van der Waals surface area contributed by atoms with Crippen molar-refractivity contribution in [3.05, 3.63) is 42.2 Å². The van der Waals surface area contributed by atoms with Gasteiger partial charge in [-0.3, -0.25) is 0 Å². The van der Waals surface area contributed by atoms with Crippen LogP contribution in [0.25, 0.3) is 0 Å². The molecule has 0 bridgehead atoms. The van der Waals surface area contributed by atoms with E-state index in [0.29, 0.717) is 11.3 Å². The van der Waals surface area contributed by atoms with E-state index in [-0.39, 0.29) is 5.82 Å². The average molecular weight is 236 g/mol. The van der Waals surface area contributed by atoms with E-state index in [9.17, 15) is 4.39 Å². The normalized spacial score (nSPS) is 9.50. The Balaban J connectivity index is 2.48. The second kappa shape index (κ2) is 6.91. The fourth-order valence-electron chi connectivity index (χ4n) is 1.19. The molecule has 0 amide bonds. The Labute approximate surface area is 99.2 Å². The van der Waals surface area contributed by atoms with Crippen LogP contribution >= 0.6 is 11.8 Å². The van der Waals surface area contributed by atoms with Crippen molar-refractivity contribution in [3.8, 4) is 6.07 Å². The third kappa shape index (κ3) is 3.95. The van der Waals surface area contributed by atoms with Crippen molar-refractivity contribution in [2.24, 2.45) is 0 Å². The lowest BCUT2D eigenvalue weighted by atomic mass is 10.2. The Kier molecular flexibility index (Phi) is 5.44. The predicted octanol–water partition coefficient (Wildman–Crippen LogP) is 3.03. The zero-order valence-corrected chi connectivity index (χ0v) is 9.69. The first kappa shape index (κ1) is 12.6. The van der Waals surface area contributed by atoms with E-state index < -0.39 is 0 Å². The van der Waals surface area contributed by atoms with Crippen LogP contribution in [0.2, 0.25) is 0 Å². The summed E-state index contributed by atoms with van der Waals surface area (Å²) in [5.74, 6) is 1.45. The Hall–Kier alpha value is -1.47. The highest BCUT2D eigenvalue weighted by Crippen LogP contribution is 2.15. The monoisotopic (exact) mass is 236 g/mol. The van der Waals surface area contributed by atoms with E-state index in [4.69, 9.17) is 5.26 Å². The van der Waals surface area contributed by atoms with Gasteiger partial charge in [-0.1, -0.05) is 6.08 Å². The maximum absolute atomic E-state index is 12.8. The van der Waals surface area contributed by atoms with Gasteiger partial charge in [0.05, 0.1) is 11.3 Å². The number of rotatable bonds is 6. The maximum Gasteiger partial charge on any atom is 0.124 e. The van der Waals surface area contributed by atoms with Crippen LogP contribution in [0.3, 0.4) is 0 Å². The largest absolute Gasteiger partial charge is 0.383 e. The van der Waals surface area contributed by atoms with Gasteiger partial charge in [-0.15, -0.1) is 6.58 Å². The first-order chi connectivity index (χ1) is 7.77. The van der Waals surface area contributed by atoms with Gasteiger partial charge in [0.15, 0.2) is 0 Å². The molecular formula is C12H13FN2S. The van der Waals surface area contributed by atoms with Gasteiger partial charge < -0.3 is 5.32 Å².